The SMILES string of the molecule is COc1ccc(CC(=O)N/N=C\c2ccc(OC(C)C)cc2)cc1. The third-order valence-electron chi connectivity index (χ3n) is 3.18. The average Bonchev–Trinajstić information content (AvgIpc) is 2.57. The lowest BCUT2D eigenvalue weighted by Crippen LogP contribution is -2.19. The van der Waals surface area contributed by atoms with Crippen LogP contribution < -0.4 is 14.9 Å². The first-order chi connectivity index (χ1) is 11.6. The third kappa shape index (κ3) is 5.76. The number of hydrogen-bond acceptors (Lipinski definition) is 4. The fraction of sp³-hybridized carbons (Fsp3) is 0.263. The van der Waals surface area contributed by atoms with Gasteiger partial charge < -0.3 is 9.47 Å². The van der Waals surface area contributed by atoms with Gasteiger partial charge in [-0.1, -0.05) is 12.1 Å². The quantitative estimate of drug-likeness (QED) is 0.628. The minimum Gasteiger partial charge on any atom is -0.497 e. The number of rotatable bonds is 7. The molecule has 0 aliphatic heterocycles. The van der Waals surface area contributed by atoms with Gasteiger partial charge in [-0.05, 0) is 61.4 Å². The molecule has 0 bridgehead atoms. The monoisotopic (exact) mass is 326 g/mol. The fourth-order valence-electron chi connectivity index (χ4n) is 2.05. The Morgan fingerprint density at radius 1 is 1.08 bits per heavy atom. The number of hydrogen-bond donors (Lipinski definition) is 1. The van der Waals surface area contributed by atoms with Gasteiger partial charge in [-0.15, -0.1) is 0 Å². The first kappa shape index (κ1) is 17.5. The van der Waals surface area contributed by atoms with Gasteiger partial charge >= 0.3 is 0 Å². The largest absolute Gasteiger partial charge is 0.497 e. The Hall–Kier alpha value is -2.82. The summed E-state index contributed by atoms with van der Waals surface area (Å²) >= 11 is 0. The number of methoxy groups -OCH3 is 1. The maximum Gasteiger partial charge on any atom is 0.244 e. The normalized spacial score (nSPS) is 10.8. The van der Waals surface area contributed by atoms with Crippen LogP contribution in [-0.4, -0.2) is 25.3 Å². The van der Waals surface area contributed by atoms with Gasteiger partial charge in [-0.2, -0.15) is 5.10 Å². The zero-order valence-electron chi connectivity index (χ0n) is 14.2. The van der Waals surface area contributed by atoms with Crippen LogP contribution in [0.3, 0.4) is 0 Å². The number of benzene rings is 2. The van der Waals surface area contributed by atoms with Crippen molar-refractivity contribution in [2.24, 2.45) is 5.10 Å². The highest BCUT2D eigenvalue weighted by atomic mass is 16.5. The predicted molar refractivity (Wildman–Crippen MR) is 94.6 cm³/mol. The van der Waals surface area contributed by atoms with Crippen molar-refractivity contribution in [3.8, 4) is 11.5 Å². The Labute approximate surface area is 142 Å². The van der Waals surface area contributed by atoms with Crippen LogP contribution >= 0.6 is 0 Å². The van der Waals surface area contributed by atoms with E-state index in [0.29, 0.717) is 0 Å². The number of hydrazone groups is 1. The minimum atomic E-state index is -0.170. The van der Waals surface area contributed by atoms with Crippen LogP contribution in [0.2, 0.25) is 0 Å². The van der Waals surface area contributed by atoms with E-state index in [1.54, 1.807) is 13.3 Å². The zero-order valence-corrected chi connectivity index (χ0v) is 14.2. The molecule has 1 N–H and O–H groups in total. The minimum absolute atomic E-state index is 0.141. The number of nitrogens with zero attached hydrogens (tertiary/aromatic N) is 1. The fourth-order valence-corrected chi connectivity index (χ4v) is 2.05. The van der Waals surface area contributed by atoms with Gasteiger partial charge in [0.05, 0.1) is 25.8 Å². The Kier molecular flexibility index (Phi) is 6.37. The van der Waals surface area contributed by atoms with Crippen LogP contribution in [0.15, 0.2) is 53.6 Å². The van der Waals surface area contributed by atoms with Crippen LogP contribution in [0, 0.1) is 0 Å². The maximum absolute atomic E-state index is 11.9. The van der Waals surface area contributed by atoms with Crippen LogP contribution in [0.5, 0.6) is 11.5 Å². The second kappa shape index (κ2) is 8.72. The first-order valence-corrected chi connectivity index (χ1v) is 7.78. The third-order valence-corrected chi connectivity index (χ3v) is 3.18. The van der Waals surface area contributed by atoms with E-state index in [2.05, 4.69) is 10.5 Å². The Morgan fingerprint density at radius 2 is 1.71 bits per heavy atom. The lowest BCUT2D eigenvalue weighted by molar-refractivity contribution is -0.120. The molecule has 24 heavy (non-hydrogen) atoms. The summed E-state index contributed by atoms with van der Waals surface area (Å²) in [6, 6.07) is 14.9. The van der Waals surface area contributed by atoms with Gasteiger partial charge in [0.15, 0.2) is 0 Å². The molecule has 0 radical (unpaired) electrons. The molecule has 0 saturated heterocycles. The summed E-state index contributed by atoms with van der Waals surface area (Å²) in [6.45, 7) is 3.96. The smallest absolute Gasteiger partial charge is 0.244 e. The second-order valence-electron chi connectivity index (χ2n) is 5.55. The van der Waals surface area contributed by atoms with Crippen molar-refractivity contribution in [1.29, 1.82) is 0 Å². The highest BCUT2D eigenvalue weighted by Gasteiger charge is 2.02. The molecule has 0 atom stereocenters. The summed E-state index contributed by atoms with van der Waals surface area (Å²) in [4.78, 5) is 11.9. The summed E-state index contributed by atoms with van der Waals surface area (Å²) in [5.74, 6) is 1.41. The number of amides is 1. The second-order valence-corrected chi connectivity index (χ2v) is 5.55. The topological polar surface area (TPSA) is 59.9 Å². The lowest BCUT2D eigenvalue weighted by atomic mass is 10.1. The molecule has 0 saturated carbocycles. The van der Waals surface area contributed by atoms with Gasteiger partial charge in [0.1, 0.15) is 11.5 Å². The van der Waals surface area contributed by atoms with E-state index in [1.165, 1.54) is 0 Å². The van der Waals surface area contributed by atoms with Crippen molar-refractivity contribution in [3.63, 3.8) is 0 Å². The van der Waals surface area contributed by atoms with Crippen molar-refractivity contribution < 1.29 is 14.3 Å². The van der Waals surface area contributed by atoms with E-state index in [1.807, 2.05) is 62.4 Å². The van der Waals surface area contributed by atoms with E-state index in [-0.39, 0.29) is 18.4 Å². The van der Waals surface area contributed by atoms with Crippen LogP contribution in [-0.2, 0) is 11.2 Å². The Balaban J connectivity index is 1.82. The Bertz CT molecular complexity index is 677. The number of carbonyl (C=O) groups is 1. The summed E-state index contributed by atoms with van der Waals surface area (Å²) < 4.78 is 10.7. The van der Waals surface area contributed by atoms with Crippen molar-refractivity contribution in [2.75, 3.05) is 7.11 Å². The molecule has 126 valence electrons. The molecular formula is C19H22N2O3. The van der Waals surface area contributed by atoms with E-state index < -0.39 is 0 Å². The summed E-state index contributed by atoms with van der Waals surface area (Å²) in [5, 5.41) is 3.97. The van der Waals surface area contributed by atoms with E-state index in [9.17, 15) is 4.79 Å². The molecule has 5 heteroatoms. The van der Waals surface area contributed by atoms with E-state index >= 15 is 0 Å². The van der Waals surface area contributed by atoms with Crippen molar-refractivity contribution >= 4 is 12.1 Å². The molecule has 0 fully saturated rings. The van der Waals surface area contributed by atoms with Crippen molar-refractivity contribution in [2.45, 2.75) is 26.4 Å². The lowest BCUT2D eigenvalue weighted by Gasteiger charge is -2.09. The molecule has 2 rings (SSSR count). The van der Waals surface area contributed by atoms with Gasteiger partial charge in [0.25, 0.3) is 0 Å². The summed E-state index contributed by atoms with van der Waals surface area (Å²) in [6.07, 6.45) is 2.01. The molecular weight excluding hydrogens is 304 g/mol. The first-order valence-electron chi connectivity index (χ1n) is 7.78. The van der Waals surface area contributed by atoms with Gasteiger partial charge in [0, 0.05) is 0 Å². The molecule has 0 spiro atoms. The Morgan fingerprint density at radius 3 is 2.29 bits per heavy atom. The standard InChI is InChI=1S/C19H22N2O3/c1-14(2)24-18-10-6-16(7-11-18)13-20-21-19(22)12-15-4-8-17(23-3)9-5-15/h4-11,13-14H,12H2,1-3H3,(H,21,22)/b20-13-. The number of carbonyl (C=O) groups excluding carboxylic acids is 1. The highest BCUT2D eigenvalue weighted by molar-refractivity contribution is 5.83. The van der Waals surface area contributed by atoms with Crippen LogP contribution in [0.1, 0.15) is 25.0 Å². The highest BCUT2D eigenvalue weighted by Crippen LogP contribution is 2.13. The maximum atomic E-state index is 11.9. The summed E-state index contributed by atoms with van der Waals surface area (Å²) in [7, 11) is 1.61. The molecule has 2 aromatic carbocycles. The van der Waals surface area contributed by atoms with Crippen LogP contribution in [0.4, 0.5) is 0 Å². The van der Waals surface area contributed by atoms with Crippen molar-refractivity contribution in [3.05, 3.63) is 59.7 Å². The van der Waals surface area contributed by atoms with Crippen molar-refractivity contribution in [1.82, 2.24) is 5.43 Å². The van der Waals surface area contributed by atoms with E-state index in [4.69, 9.17) is 9.47 Å². The molecule has 0 aliphatic carbocycles. The van der Waals surface area contributed by atoms with Gasteiger partial charge in [-0.25, -0.2) is 5.43 Å². The molecule has 0 aliphatic rings. The molecule has 0 aromatic heterocycles. The van der Waals surface area contributed by atoms with Crippen LogP contribution in [0.25, 0.3) is 0 Å². The zero-order chi connectivity index (χ0) is 17.4. The number of ether oxygens (including phenoxy) is 2. The number of nitrogens with one attached hydrogen (secondary N) is 1. The average molecular weight is 326 g/mol. The van der Waals surface area contributed by atoms with Gasteiger partial charge in [0.2, 0.25) is 5.91 Å². The molecule has 1 amide bonds. The molecule has 5 nitrogen and oxygen atoms in total. The molecule has 0 heterocycles. The summed E-state index contributed by atoms with van der Waals surface area (Å²) in [5.41, 5.74) is 4.31. The molecule has 0 unspecified atom stereocenters. The molecule has 2 aromatic rings. The van der Waals surface area contributed by atoms with E-state index in [0.717, 1.165) is 22.6 Å². The van der Waals surface area contributed by atoms with Gasteiger partial charge in [-0.3, -0.25) is 4.79 Å². The predicted octanol–water partition coefficient (Wildman–Crippen LogP) is 3.18.